The number of rotatable bonds is 1. The van der Waals surface area contributed by atoms with E-state index in [0.29, 0.717) is 5.92 Å². The van der Waals surface area contributed by atoms with E-state index in [4.69, 9.17) is 4.74 Å². The third-order valence-electron chi connectivity index (χ3n) is 4.71. The first-order valence-corrected chi connectivity index (χ1v) is 6.87. The molecule has 2 heteroatoms. The Bertz CT molecular complexity index is 319. The predicted molar refractivity (Wildman–Crippen MR) is 69.9 cm³/mol. The number of hydrogen-bond donors (Lipinski definition) is 1. The average Bonchev–Trinajstić information content (AvgIpc) is 2.24. The number of allylic oxidation sites excluding steroid dienone is 2. The molecule has 0 bridgehead atoms. The molecule has 2 rings (SSSR count). The Morgan fingerprint density at radius 3 is 2.53 bits per heavy atom. The molecule has 1 saturated heterocycles. The summed E-state index contributed by atoms with van der Waals surface area (Å²) in [4.78, 5) is 0. The van der Waals surface area contributed by atoms with Crippen molar-refractivity contribution in [3.05, 3.63) is 11.6 Å². The van der Waals surface area contributed by atoms with Crippen LogP contribution in [0.1, 0.15) is 59.8 Å². The Morgan fingerprint density at radius 2 is 2.00 bits per heavy atom. The Labute approximate surface area is 105 Å². The van der Waals surface area contributed by atoms with Crippen molar-refractivity contribution in [1.82, 2.24) is 0 Å². The summed E-state index contributed by atoms with van der Waals surface area (Å²) >= 11 is 0. The van der Waals surface area contributed by atoms with E-state index in [1.165, 1.54) is 18.4 Å². The summed E-state index contributed by atoms with van der Waals surface area (Å²) in [6, 6.07) is 0. The normalized spacial score (nSPS) is 42.1. The summed E-state index contributed by atoms with van der Waals surface area (Å²) < 4.78 is 6.27. The summed E-state index contributed by atoms with van der Waals surface area (Å²) in [5.41, 5.74) is 1.06. The van der Waals surface area contributed by atoms with E-state index in [1.807, 2.05) is 13.8 Å². The second-order valence-electron chi connectivity index (χ2n) is 6.59. The Kier molecular flexibility index (Phi) is 3.39. The zero-order valence-electron chi connectivity index (χ0n) is 11.6. The fourth-order valence-electron chi connectivity index (χ4n) is 3.30. The van der Waals surface area contributed by atoms with Crippen LogP contribution in [0.15, 0.2) is 11.6 Å². The van der Waals surface area contributed by atoms with E-state index < -0.39 is 5.60 Å². The third-order valence-corrected chi connectivity index (χ3v) is 4.71. The van der Waals surface area contributed by atoms with Gasteiger partial charge < -0.3 is 9.84 Å². The summed E-state index contributed by atoms with van der Waals surface area (Å²) in [6.07, 6.45) is 7.45. The van der Waals surface area contributed by atoms with E-state index in [2.05, 4.69) is 19.9 Å². The van der Waals surface area contributed by atoms with E-state index in [9.17, 15) is 5.11 Å². The summed E-state index contributed by atoms with van der Waals surface area (Å²) in [5, 5.41) is 9.97. The number of ether oxygens (including phenoxy) is 1. The van der Waals surface area contributed by atoms with Gasteiger partial charge in [-0.25, -0.2) is 0 Å². The first kappa shape index (κ1) is 13.1. The molecule has 0 aromatic heterocycles. The molecule has 0 radical (unpaired) electrons. The van der Waals surface area contributed by atoms with Crippen molar-refractivity contribution in [2.45, 2.75) is 77.1 Å². The Hall–Kier alpha value is -0.340. The summed E-state index contributed by atoms with van der Waals surface area (Å²) in [6.45, 7) is 8.48. The zero-order chi connectivity index (χ0) is 12.7. The van der Waals surface area contributed by atoms with Crippen molar-refractivity contribution in [1.29, 1.82) is 0 Å². The van der Waals surface area contributed by atoms with Gasteiger partial charge in [0.2, 0.25) is 0 Å². The second kappa shape index (κ2) is 4.40. The lowest BCUT2D eigenvalue weighted by Crippen LogP contribution is -2.55. The molecule has 0 spiro atoms. The molecule has 3 atom stereocenters. The van der Waals surface area contributed by atoms with Gasteiger partial charge in [-0.05, 0) is 65.7 Å². The van der Waals surface area contributed by atoms with Crippen LogP contribution in [0.25, 0.3) is 0 Å². The zero-order valence-corrected chi connectivity index (χ0v) is 11.6. The Balaban J connectivity index is 2.10. The van der Waals surface area contributed by atoms with Gasteiger partial charge in [0.05, 0.1) is 17.3 Å². The van der Waals surface area contributed by atoms with Crippen molar-refractivity contribution in [3.63, 3.8) is 0 Å². The van der Waals surface area contributed by atoms with E-state index in [1.54, 1.807) is 0 Å². The Morgan fingerprint density at radius 1 is 1.29 bits per heavy atom. The maximum Gasteiger partial charge on any atom is 0.0891 e. The van der Waals surface area contributed by atoms with Crippen LogP contribution in [0, 0.1) is 5.92 Å². The lowest BCUT2D eigenvalue weighted by Gasteiger charge is -2.50. The van der Waals surface area contributed by atoms with E-state index >= 15 is 0 Å². The molecule has 98 valence electrons. The largest absolute Gasteiger partial charge is 0.390 e. The molecule has 1 fully saturated rings. The van der Waals surface area contributed by atoms with Crippen LogP contribution < -0.4 is 0 Å². The smallest absolute Gasteiger partial charge is 0.0891 e. The minimum Gasteiger partial charge on any atom is -0.390 e. The highest BCUT2D eigenvalue weighted by Gasteiger charge is 2.46. The van der Waals surface area contributed by atoms with Gasteiger partial charge in [0.15, 0.2) is 0 Å². The molecule has 2 nitrogen and oxygen atoms in total. The lowest BCUT2D eigenvalue weighted by molar-refractivity contribution is -0.233. The lowest BCUT2D eigenvalue weighted by atomic mass is 9.73. The first-order chi connectivity index (χ1) is 7.83. The van der Waals surface area contributed by atoms with Crippen LogP contribution in [-0.4, -0.2) is 22.4 Å². The quantitative estimate of drug-likeness (QED) is 0.709. The first-order valence-electron chi connectivity index (χ1n) is 6.87. The topological polar surface area (TPSA) is 29.5 Å². The van der Waals surface area contributed by atoms with Crippen LogP contribution >= 0.6 is 0 Å². The van der Waals surface area contributed by atoms with Crippen molar-refractivity contribution in [2.75, 3.05) is 0 Å². The molecule has 1 N–H and O–H groups in total. The van der Waals surface area contributed by atoms with Crippen LogP contribution in [-0.2, 0) is 4.74 Å². The molecular formula is C15H26O2. The molecule has 1 heterocycles. The standard InChI is InChI=1S/C15H26O2/c1-11-5-7-12(8-6-11)15(4)10-9-13(16)14(2,3)17-15/h5,12-13,16H,6-10H2,1-4H3/t12-,13+,15-/m0/s1. The van der Waals surface area contributed by atoms with Gasteiger partial charge in [-0.3, -0.25) is 0 Å². The fraction of sp³-hybridized carbons (Fsp3) is 0.867. The molecule has 0 amide bonds. The third kappa shape index (κ3) is 2.58. The van der Waals surface area contributed by atoms with Crippen LogP contribution in [0.5, 0.6) is 0 Å². The molecule has 0 aromatic rings. The van der Waals surface area contributed by atoms with Crippen molar-refractivity contribution in [3.8, 4) is 0 Å². The van der Waals surface area contributed by atoms with Crippen molar-refractivity contribution < 1.29 is 9.84 Å². The molecular weight excluding hydrogens is 212 g/mol. The van der Waals surface area contributed by atoms with E-state index in [0.717, 1.165) is 19.3 Å². The van der Waals surface area contributed by atoms with Crippen LogP contribution in [0.3, 0.4) is 0 Å². The molecule has 2 aliphatic rings. The van der Waals surface area contributed by atoms with E-state index in [-0.39, 0.29) is 11.7 Å². The molecule has 1 aliphatic carbocycles. The molecule has 17 heavy (non-hydrogen) atoms. The van der Waals surface area contributed by atoms with Gasteiger partial charge in [0.1, 0.15) is 0 Å². The van der Waals surface area contributed by atoms with Gasteiger partial charge in [-0.15, -0.1) is 0 Å². The van der Waals surface area contributed by atoms with Crippen LogP contribution in [0.2, 0.25) is 0 Å². The maximum atomic E-state index is 9.97. The summed E-state index contributed by atoms with van der Waals surface area (Å²) in [7, 11) is 0. The molecule has 0 unspecified atom stereocenters. The molecule has 0 aromatic carbocycles. The maximum absolute atomic E-state index is 9.97. The fourth-order valence-corrected chi connectivity index (χ4v) is 3.30. The van der Waals surface area contributed by atoms with Crippen molar-refractivity contribution >= 4 is 0 Å². The molecule has 0 saturated carbocycles. The minimum absolute atomic E-state index is 0.0556. The second-order valence-corrected chi connectivity index (χ2v) is 6.59. The van der Waals surface area contributed by atoms with Crippen LogP contribution in [0.4, 0.5) is 0 Å². The number of aliphatic hydroxyl groups is 1. The van der Waals surface area contributed by atoms with Gasteiger partial charge in [-0.2, -0.15) is 0 Å². The SMILES string of the molecule is CC1=CC[C@H]([C@]2(C)CC[C@@H](O)C(C)(C)O2)CC1. The monoisotopic (exact) mass is 238 g/mol. The summed E-state index contributed by atoms with van der Waals surface area (Å²) in [5.74, 6) is 0.609. The average molecular weight is 238 g/mol. The van der Waals surface area contributed by atoms with Gasteiger partial charge >= 0.3 is 0 Å². The minimum atomic E-state index is -0.400. The molecule has 1 aliphatic heterocycles. The van der Waals surface area contributed by atoms with Gasteiger partial charge in [-0.1, -0.05) is 11.6 Å². The number of hydrogen-bond acceptors (Lipinski definition) is 2. The van der Waals surface area contributed by atoms with Gasteiger partial charge in [0, 0.05) is 0 Å². The number of aliphatic hydroxyl groups excluding tert-OH is 1. The highest BCUT2D eigenvalue weighted by molar-refractivity contribution is 5.07. The van der Waals surface area contributed by atoms with Crippen molar-refractivity contribution in [2.24, 2.45) is 5.92 Å². The highest BCUT2D eigenvalue weighted by atomic mass is 16.5. The predicted octanol–water partition coefficient (Wildman–Crippen LogP) is 3.44. The van der Waals surface area contributed by atoms with Gasteiger partial charge in [0.25, 0.3) is 0 Å². The highest BCUT2D eigenvalue weighted by Crippen LogP contribution is 2.44.